The average Bonchev–Trinajstić information content (AvgIpc) is 3.07. The molecule has 2 rings (SSSR count). The number of esters is 1. The minimum absolute atomic E-state index is 0.145. The zero-order valence-corrected chi connectivity index (χ0v) is 12.3. The summed E-state index contributed by atoms with van der Waals surface area (Å²) < 4.78 is 4.65. The summed E-state index contributed by atoms with van der Waals surface area (Å²) in [6.07, 6.45) is 5.49. The molecule has 1 fully saturated rings. The van der Waals surface area contributed by atoms with E-state index in [4.69, 9.17) is 0 Å². The van der Waals surface area contributed by atoms with Crippen LogP contribution in [-0.2, 0) is 16.0 Å². The van der Waals surface area contributed by atoms with Crippen molar-refractivity contribution in [2.24, 2.45) is 5.41 Å². The molecule has 1 aliphatic carbocycles. The van der Waals surface area contributed by atoms with Crippen molar-refractivity contribution in [3.8, 4) is 0 Å². The number of carbonyl (C=O) groups excluding carboxylic acids is 2. The molecule has 104 valence electrons. The van der Waals surface area contributed by atoms with Gasteiger partial charge in [0.25, 0.3) is 0 Å². The van der Waals surface area contributed by atoms with Gasteiger partial charge in [-0.2, -0.15) is 0 Å². The van der Waals surface area contributed by atoms with Crippen molar-refractivity contribution in [2.75, 3.05) is 7.11 Å². The molecule has 0 saturated heterocycles. The number of thiophene rings is 1. The molecule has 0 aliphatic heterocycles. The van der Waals surface area contributed by atoms with Crippen LogP contribution in [0.4, 0.5) is 0 Å². The van der Waals surface area contributed by atoms with Crippen LogP contribution in [0.5, 0.6) is 0 Å². The number of ketones is 1. The second-order valence-corrected chi connectivity index (χ2v) is 6.36. The van der Waals surface area contributed by atoms with E-state index in [1.807, 2.05) is 12.1 Å². The van der Waals surface area contributed by atoms with Crippen molar-refractivity contribution in [1.82, 2.24) is 0 Å². The summed E-state index contributed by atoms with van der Waals surface area (Å²) in [5.74, 6) is 0.0144. The Hall–Kier alpha value is -1.16. The second-order valence-electron chi connectivity index (χ2n) is 5.19. The van der Waals surface area contributed by atoms with Gasteiger partial charge < -0.3 is 4.74 Å². The predicted octanol–water partition coefficient (Wildman–Crippen LogP) is 3.62. The monoisotopic (exact) mass is 280 g/mol. The highest BCUT2D eigenvalue weighted by molar-refractivity contribution is 7.14. The van der Waals surface area contributed by atoms with E-state index < -0.39 is 0 Å². The van der Waals surface area contributed by atoms with Crippen molar-refractivity contribution in [3.63, 3.8) is 0 Å². The zero-order chi connectivity index (χ0) is 13.9. The molecule has 1 aromatic rings. The van der Waals surface area contributed by atoms with E-state index in [1.54, 1.807) is 0 Å². The van der Waals surface area contributed by atoms with Crippen LogP contribution in [0.1, 0.15) is 53.6 Å². The van der Waals surface area contributed by atoms with Gasteiger partial charge in [0, 0.05) is 10.3 Å². The van der Waals surface area contributed by atoms with Crippen LogP contribution < -0.4 is 0 Å². The van der Waals surface area contributed by atoms with E-state index in [2.05, 4.69) is 11.7 Å². The molecular weight excluding hydrogens is 260 g/mol. The summed E-state index contributed by atoms with van der Waals surface area (Å²) in [7, 11) is 1.38. The summed E-state index contributed by atoms with van der Waals surface area (Å²) in [5.41, 5.74) is -0.145. The van der Waals surface area contributed by atoms with Gasteiger partial charge >= 0.3 is 5.97 Å². The highest BCUT2D eigenvalue weighted by Gasteiger charge is 2.40. The molecule has 0 atom stereocenters. The molecule has 19 heavy (non-hydrogen) atoms. The molecule has 0 N–H and O–H groups in total. The molecule has 0 amide bonds. The molecule has 1 aromatic heterocycles. The molecule has 0 radical (unpaired) electrons. The first kappa shape index (κ1) is 14.3. The molecule has 0 aromatic carbocycles. The zero-order valence-electron chi connectivity index (χ0n) is 11.5. The first-order valence-corrected chi connectivity index (χ1v) is 7.63. The van der Waals surface area contributed by atoms with Gasteiger partial charge in [0.1, 0.15) is 0 Å². The standard InChI is InChI=1S/C15H20O3S/c1-3-15(8-4-5-9-15)14(17)12-7-6-11(19-12)10-13(16)18-2/h6-7H,3-5,8-10H2,1-2H3. The largest absolute Gasteiger partial charge is 0.469 e. The van der Waals surface area contributed by atoms with E-state index in [-0.39, 0.29) is 23.6 Å². The van der Waals surface area contributed by atoms with Crippen LogP contribution in [0.3, 0.4) is 0 Å². The summed E-state index contributed by atoms with van der Waals surface area (Å²) in [6, 6.07) is 3.73. The Bertz CT molecular complexity index is 469. The van der Waals surface area contributed by atoms with Crippen LogP contribution in [0, 0.1) is 5.41 Å². The fourth-order valence-corrected chi connectivity index (χ4v) is 3.92. The molecule has 3 nitrogen and oxygen atoms in total. The van der Waals surface area contributed by atoms with Gasteiger partial charge in [-0.05, 0) is 31.4 Å². The van der Waals surface area contributed by atoms with Gasteiger partial charge in [0.2, 0.25) is 0 Å². The fourth-order valence-electron chi connectivity index (χ4n) is 2.86. The van der Waals surface area contributed by atoms with E-state index in [9.17, 15) is 9.59 Å². The van der Waals surface area contributed by atoms with Gasteiger partial charge in [-0.25, -0.2) is 0 Å². The van der Waals surface area contributed by atoms with Crippen LogP contribution >= 0.6 is 11.3 Å². The smallest absolute Gasteiger partial charge is 0.310 e. The Morgan fingerprint density at radius 2 is 2.00 bits per heavy atom. The van der Waals surface area contributed by atoms with Crippen molar-refractivity contribution < 1.29 is 14.3 Å². The first-order valence-electron chi connectivity index (χ1n) is 6.81. The Morgan fingerprint density at radius 3 is 2.58 bits per heavy atom. The Labute approximate surface area is 118 Å². The van der Waals surface area contributed by atoms with Crippen molar-refractivity contribution in [1.29, 1.82) is 0 Å². The van der Waals surface area contributed by atoms with Gasteiger partial charge in [-0.15, -0.1) is 11.3 Å². The second kappa shape index (κ2) is 5.87. The highest BCUT2D eigenvalue weighted by Crippen LogP contribution is 2.44. The van der Waals surface area contributed by atoms with Crippen LogP contribution in [-0.4, -0.2) is 18.9 Å². The molecule has 4 heteroatoms. The number of carbonyl (C=O) groups is 2. The molecule has 1 aliphatic rings. The van der Waals surface area contributed by atoms with Crippen molar-refractivity contribution >= 4 is 23.1 Å². The third-order valence-electron chi connectivity index (χ3n) is 4.15. The lowest BCUT2D eigenvalue weighted by molar-refractivity contribution is -0.139. The average molecular weight is 280 g/mol. The number of Topliss-reactive ketones (excluding diaryl/α,β-unsaturated/α-hetero) is 1. The van der Waals surface area contributed by atoms with Crippen LogP contribution in [0.15, 0.2) is 12.1 Å². The fraction of sp³-hybridized carbons (Fsp3) is 0.600. The molecule has 0 bridgehead atoms. The van der Waals surface area contributed by atoms with Gasteiger partial charge in [-0.3, -0.25) is 9.59 Å². The number of hydrogen-bond donors (Lipinski definition) is 0. The predicted molar refractivity (Wildman–Crippen MR) is 75.6 cm³/mol. The van der Waals surface area contributed by atoms with E-state index >= 15 is 0 Å². The van der Waals surface area contributed by atoms with Gasteiger partial charge in [0.05, 0.1) is 18.4 Å². The minimum atomic E-state index is -0.257. The van der Waals surface area contributed by atoms with E-state index in [0.717, 1.165) is 41.9 Å². The van der Waals surface area contributed by atoms with E-state index in [1.165, 1.54) is 18.4 Å². The quantitative estimate of drug-likeness (QED) is 0.611. The molecule has 0 unspecified atom stereocenters. The molecule has 1 saturated carbocycles. The summed E-state index contributed by atoms with van der Waals surface area (Å²) in [4.78, 5) is 25.6. The number of rotatable bonds is 5. The minimum Gasteiger partial charge on any atom is -0.469 e. The Kier molecular flexibility index (Phi) is 4.40. The Balaban J connectivity index is 2.13. The van der Waals surface area contributed by atoms with Crippen molar-refractivity contribution in [3.05, 3.63) is 21.9 Å². The highest BCUT2D eigenvalue weighted by atomic mass is 32.1. The number of hydrogen-bond acceptors (Lipinski definition) is 4. The van der Waals surface area contributed by atoms with Crippen LogP contribution in [0.25, 0.3) is 0 Å². The summed E-state index contributed by atoms with van der Waals surface area (Å²) in [5, 5.41) is 0. The third kappa shape index (κ3) is 2.89. The van der Waals surface area contributed by atoms with Crippen molar-refractivity contribution in [2.45, 2.75) is 45.4 Å². The molecule has 1 heterocycles. The first-order chi connectivity index (χ1) is 9.11. The van der Waals surface area contributed by atoms with Gasteiger partial charge in [0.15, 0.2) is 5.78 Å². The van der Waals surface area contributed by atoms with E-state index in [0.29, 0.717) is 0 Å². The molecular formula is C15H20O3S. The topological polar surface area (TPSA) is 43.4 Å². The maximum absolute atomic E-state index is 12.7. The summed E-state index contributed by atoms with van der Waals surface area (Å²) >= 11 is 1.44. The number of methoxy groups -OCH3 is 1. The SMILES string of the molecule is CCC1(C(=O)c2ccc(CC(=O)OC)s2)CCCC1. The maximum atomic E-state index is 12.7. The maximum Gasteiger partial charge on any atom is 0.310 e. The lowest BCUT2D eigenvalue weighted by Gasteiger charge is -2.24. The number of ether oxygens (including phenoxy) is 1. The Morgan fingerprint density at radius 1 is 1.32 bits per heavy atom. The molecule has 0 spiro atoms. The normalized spacial score (nSPS) is 17.4. The third-order valence-corrected chi connectivity index (χ3v) is 5.23. The lowest BCUT2D eigenvalue weighted by Crippen LogP contribution is -2.26. The van der Waals surface area contributed by atoms with Gasteiger partial charge in [-0.1, -0.05) is 19.8 Å². The lowest BCUT2D eigenvalue weighted by atomic mass is 9.78. The summed E-state index contributed by atoms with van der Waals surface area (Å²) in [6.45, 7) is 2.10. The van der Waals surface area contributed by atoms with Crippen LogP contribution in [0.2, 0.25) is 0 Å².